The molecule has 6 heteroatoms. The Bertz CT molecular complexity index is 427. The molecule has 1 aliphatic heterocycles. The molecule has 0 aromatic rings. The highest BCUT2D eigenvalue weighted by Gasteiger charge is 2.74. The van der Waals surface area contributed by atoms with Gasteiger partial charge in [-0.1, -0.05) is 19.6 Å². The number of hydrogen-bond donors (Lipinski definition) is 0. The molecule has 2 atom stereocenters. The maximum atomic E-state index is 12.6. The molecular weight excluding hydrogens is 283 g/mol. The van der Waals surface area contributed by atoms with E-state index in [2.05, 4.69) is 47.3 Å². The van der Waals surface area contributed by atoms with Gasteiger partial charge in [-0.15, -0.1) is 0 Å². The van der Waals surface area contributed by atoms with Crippen molar-refractivity contribution in [3.05, 3.63) is 0 Å². The monoisotopic (exact) mass is 312 g/mol. The summed E-state index contributed by atoms with van der Waals surface area (Å²) < 4.78 is 17.7. The Hall–Kier alpha value is -0.328. The van der Waals surface area contributed by atoms with Crippen LogP contribution in [-0.2, 0) is 18.8 Å². The second kappa shape index (κ2) is 4.83. The number of esters is 1. The summed E-state index contributed by atoms with van der Waals surface area (Å²) in [6.45, 7) is 17.2. The number of carbonyl (C=O) groups excluding carboxylic acids is 1. The second-order valence-corrected chi connectivity index (χ2v) is 13.8. The molecule has 1 saturated carbocycles. The van der Waals surface area contributed by atoms with E-state index in [-0.39, 0.29) is 35.1 Å². The third-order valence-corrected chi connectivity index (χ3v) is 9.05. The Kier molecular flexibility index (Phi) is 3.92. The first kappa shape index (κ1) is 17.0. The first-order valence-electron chi connectivity index (χ1n) is 7.92. The molecule has 0 spiro atoms. The van der Waals surface area contributed by atoms with Crippen LogP contribution < -0.4 is 0 Å². The van der Waals surface area contributed by atoms with E-state index >= 15 is 0 Å². The van der Waals surface area contributed by atoms with Gasteiger partial charge in [0, 0.05) is 5.82 Å². The minimum Gasteiger partial charge on any atom is -0.466 e. The fraction of sp³-hybridized carbons (Fsp3) is 0.933. The summed E-state index contributed by atoms with van der Waals surface area (Å²) in [4.78, 5) is 12.6. The average molecular weight is 312 g/mol. The lowest BCUT2D eigenvalue weighted by atomic mass is 9.80. The van der Waals surface area contributed by atoms with Gasteiger partial charge in [-0.05, 0) is 41.0 Å². The van der Waals surface area contributed by atoms with Crippen molar-refractivity contribution in [1.82, 2.24) is 0 Å². The number of hydrogen-bond acceptors (Lipinski definition) is 4. The van der Waals surface area contributed by atoms with Gasteiger partial charge in [-0.3, -0.25) is 4.79 Å². The van der Waals surface area contributed by atoms with Crippen molar-refractivity contribution in [2.45, 2.75) is 82.7 Å². The van der Waals surface area contributed by atoms with Gasteiger partial charge < -0.3 is 14.0 Å². The average Bonchev–Trinajstić information content (AvgIpc) is 2.98. The molecule has 1 heterocycles. The zero-order valence-electron chi connectivity index (χ0n) is 14.7. The van der Waals surface area contributed by atoms with Crippen molar-refractivity contribution in [3.8, 4) is 0 Å². The molecule has 0 N–H and O–H groups in total. The molecule has 2 aliphatic rings. The van der Waals surface area contributed by atoms with Crippen LogP contribution in [0.3, 0.4) is 0 Å². The van der Waals surface area contributed by atoms with E-state index in [4.69, 9.17) is 14.0 Å². The molecule has 1 aliphatic carbocycles. The summed E-state index contributed by atoms with van der Waals surface area (Å²) >= 11 is 0. The SMILES string of the molecule is CCOC(=O)[C@@]1([Si](C)(C)C)CC1B1OC(C)(C)C(C)(C)O1. The van der Waals surface area contributed by atoms with Crippen LogP contribution in [0.15, 0.2) is 0 Å². The van der Waals surface area contributed by atoms with E-state index in [1.807, 2.05) is 6.92 Å². The van der Waals surface area contributed by atoms with Crippen molar-refractivity contribution in [2.75, 3.05) is 6.61 Å². The molecule has 2 fully saturated rings. The first-order valence-corrected chi connectivity index (χ1v) is 11.4. The van der Waals surface area contributed by atoms with Crippen LogP contribution >= 0.6 is 0 Å². The van der Waals surface area contributed by atoms with Gasteiger partial charge in [0.25, 0.3) is 0 Å². The third-order valence-electron chi connectivity index (χ3n) is 5.59. The molecule has 2 rings (SSSR count). The van der Waals surface area contributed by atoms with Crippen LogP contribution in [0.1, 0.15) is 41.0 Å². The molecule has 1 saturated heterocycles. The van der Waals surface area contributed by atoms with Gasteiger partial charge in [0.2, 0.25) is 0 Å². The van der Waals surface area contributed by atoms with Gasteiger partial charge in [0.05, 0.1) is 30.9 Å². The molecule has 0 aromatic heterocycles. The van der Waals surface area contributed by atoms with Gasteiger partial charge in [-0.2, -0.15) is 0 Å². The van der Waals surface area contributed by atoms with Crippen LogP contribution in [0.25, 0.3) is 0 Å². The lowest BCUT2D eigenvalue weighted by molar-refractivity contribution is -0.144. The van der Waals surface area contributed by atoms with E-state index in [1.165, 1.54) is 0 Å². The largest absolute Gasteiger partial charge is 0.466 e. The van der Waals surface area contributed by atoms with Crippen LogP contribution in [-0.4, -0.2) is 39.0 Å². The topological polar surface area (TPSA) is 44.8 Å². The van der Waals surface area contributed by atoms with Crippen LogP contribution in [0, 0.1) is 0 Å². The molecule has 0 aromatic carbocycles. The molecule has 120 valence electrons. The van der Waals surface area contributed by atoms with Gasteiger partial charge in [0.1, 0.15) is 0 Å². The summed E-state index contributed by atoms with van der Waals surface area (Å²) in [5.41, 5.74) is -0.694. The van der Waals surface area contributed by atoms with Crippen molar-refractivity contribution in [3.63, 3.8) is 0 Å². The van der Waals surface area contributed by atoms with Crippen LogP contribution in [0.5, 0.6) is 0 Å². The van der Waals surface area contributed by atoms with Crippen LogP contribution in [0.4, 0.5) is 0 Å². The van der Waals surface area contributed by atoms with E-state index < -0.39 is 8.07 Å². The summed E-state index contributed by atoms with van der Waals surface area (Å²) in [7, 11) is -2.03. The first-order chi connectivity index (χ1) is 9.39. The van der Waals surface area contributed by atoms with E-state index in [0.717, 1.165) is 6.42 Å². The maximum absolute atomic E-state index is 12.6. The third kappa shape index (κ3) is 2.49. The van der Waals surface area contributed by atoms with E-state index in [0.29, 0.717) is 6.61 Å². The van der Waals surface area contributed by atoms with Crippen molar-refractivity contribution < 1.29 is 18.8 Å². The summed E-state index contributed by atoms with van der Waals surface area (Å²) in [5, 5.41) is -0.357. The quantitative estimate of drug-likeness (QED) is 0.589. The fourth-order valence-electron chi connectivity index (χ4n) is 3.33. The van der Waals surface area contributed by atoms with Gasteiger partial charge >= 0.3 is 13.1 Å². The number of rotatable bonds is 4. The summed E-state index contributed by atoms with van der Waals surface area (Å²) in [6, 6.07) is 0. The normalized spacial score (nSPS) is 33.9. The Morgan fingerprint density at radius 3 is 2.05 bits per heavy atom. The number of ether oxygens (including phenoxy) is 1. The second-order valence-electron chi connectivity index (χ2n) is 8.38. The maximum Gasteiger partial charge on any atom is 0.462 e. The molecule has 0 amide bonds. The summed E-state index contributed by atoms with van der Waals surface area (Å²) in [5.74, 6) is 0.0770. The zero-order chi connectivity index (χ0) is 16.3. The molecular formula is C15H29BO4Si. The molecule has 0 bridgehead atoms. The zero-order valence-corrected chi connectivity index (χ0v) is 15.7. The fourth-order valence-corrected chi connectivity index (χ4v) is 6.10. The minimum atomic E-state index is -1.73. The standard InChI is InChI=1S/C15H29BO4Si/c1-9-18-12(17)15(21(6,7)8)10-11(15)16-19-13(2,3)14(4,5)20-16/h11H,9-10H2,1-8H3/t11?,15-/m1/s1. The van der Waals surface area contributed by atoms with E-state index in [1.54, 1.807) is 0 Å². The Morgan fingerprint density at radius 1 is 1.19 bits per heavy atom. The lowest BCUT2D eigenvalue weighted by Gasteiger charge is -2.32. The van der Waals surface area contributed by atoms with Crippen molar-refractivity contribution in [1.29, 1.82) is 0 Å². The minimum absolute atomic E-state index is 0.0520. The predicted octanol–water partition coefficient (Wildman–Crippen LogP) is 3.49. The highest BCUT2D eigenvalue weighted by atomic mass is 28.3. The molecule has 1 unspecified atom stereocenters. The Labute approximate surface area is 130 Å². The smallest absolute Gasteiger partial charge is 0.462 e. The van der Waals surface area contributed by atoms with Gasteiger partial charge in [-0.25, -0.2) is 0 Å². The lowest BCUT2D eigenvalue weighted by Crippen LogP contribution is -2.41. The highest BCUT2D eigenvalue weighted by molar-refractivity contribution is 6.85. The molecule has 21 heavy (non-hydrogen) atoms. The van der Waals surface area contributed by atoms with Crippen LogP contribution in [0.2, 0.25) is 30.5 Å². The summed E-state index contributed by atoms with van der Waals surface area (Å²) in [6.07, 6.45) is 0.832. The predicted molar refractivity (Wildman–Crippen MR) is 87.1 cm³/mol. The van der Waals surface area contributed by atoms with Crippen molar-refractivity contribution in [2.24, 2.45) is 0 Å². The number of carbonyl (C=O) groups is 1. The molecule has 0 radical (unpaired) electrons. The Morgan fingerprint density at radius 2 is 1.67 bits per heavy atom. The van der Waals surface area contributed by atoms with Crippen molar-refractivity contribution >= 4 is 21.2 Å². The highest BCUT2D eigenvalue weighted by Crippen LogP contribution is 2.73. The van der Waals surface area contributed by atoms with E-state index in [9.17, 15) is 4.79 Å². The molecule has 4 nitrogen and oxygen atoms in total. The Balaban J connectivity index is 2.22. The van der Waals surface area contributed by atoms with Gasteiger partial charge in [0.15, 0.2) is 0 Å².